The number of hydrogen-bond donors (Lipinski definition) is 0. The molecular weight excluding hydrogens is 312 g/mol. The summed E-state index contributed by atoms with van der Waals surface area (Å²) in [5.74, 6) is 0.557. The van der Waals surface area contributed by atoms with Crippen molar-refractivity contribution in [1.82, 2.24) is 18.7 Å². The van der Waals surface area contributed by atoms with Gasteiger partial charge in [0.15, 0.2) is 11.2 Å². The molecule has 130 valence electrons. The van der Waals surface area contributed by atoms with Gasteiger partial charge in [-0.1, -0.05) is 0 Å². The highest BCUT2D eigenvalue weighted by Gasteiger charge is 2.30. The van der Waals surface area contributed by atoms with Gasteiger partial charge >= 0.3 is 5.69 Å². The third kappa shape index (κ3) is 2.27. The van der Waals surface area contributed by atoms with E-state index in [0.717, 1.165) is 10.3 Å². The molecule has 2 aromatic heterocycles. The molecular formula is C15H22N6O3. The van der Waals surface area contributed by atoms with E-state index < -0.39 is 5.69 Å². The van der Waals surface area contributed by atoms with Crippen LogP contribution in [0.3, 0.4) is 0 Å². The molecule has 2 aromatic rings. The van der Waals surface area contributed by atoms with Crippen molar-refractivity contribution >= 4 is 22.8 Å². The van der Waals surface area contributed by atoms with E-state index in [0.29, 0.717) is 36.9 Å². The quantitative estimate of drug-likeness (QED) is 0.747. The average Bonchev–Trinajstić information content (AvgIpc) is 2.96. The van der Waals surface area contributed by atoms with Gasteiger partial charge < -0.3 is 4.74 Å². The maximum Gasteiger partial charge on any atom is 0.332 e. The number of hydrogen-bond acceptors (Lipinski definition) is 6. The topological polar surface area (TPSA) is 86.7 Å². The molecule has 1 atom stereocenters. The van der Waals surface area contributed by atoms with Gasteiger partial charge in [0.2, 0.25) is 5.95 Å². The van der Waals surface area contributed by atoms with Crippen molar-refractivity contribution in [3.63, 3.8) is 0 Å². The molecule has 0 amide bonds. The summed E-state index contributed by atoms with van der Waals surface area (Å²) < 4.78 is 9.76. The van der Waals surface area contributed by atoms with Gasteiger partial charge in [0.1, 0.15) is 0 Å². The van der Waals surface area contributed by atoms with Crippen LogP contribution in [0.15, 0.2) is 14.7 Å². The number of fused-ring (bicyclic) bond motifs is 3. The molecule has 0 N–H and O–H groups in total. The highest BCUT2D eigenvalue weighted by Crippen LogP contribution is 2.29. The van der Waals surface area contributed by atoms with E-state index in [9.17, 15) is 9.59 Å². The van der Waals surface area contributed by atoms with Crippen molar-refractivity contribution in [1.29, 1.82) is 0 Å². The summed E-state index contributed by atoms with van der Waals surface area (Å²) in [4.78, 5) is 29.4. The summed E-state index contributed by atoms with van der Waals surface area (Å²) in [5.41, 5.74) is 0.912. The van der Waals surface area contributed by atoms with Gasteiger partial charge in [0.05, 0.1) is 24.9 Å². The summed E-state index contributed by atoms with van der Waals surface area (Å²) in [6, 6.07) is -0.112. The Balaban J connectivity index is 2.26. The van der Waals surface area contributed by atoms with Crippen LogP contribution in [0.1, 0.15) is 26.8 Å². The maximum atomic E-state index is 12.7. The van der Waals surface area contributed by atoms with Crippen LogP contribution in [-0.4, -0.2) is 44.2 Å². The lowest BCUT2D eigenvalue weighted by molar-refractivity contribution is 0.153. The largest absolute Gasteiger partial charge is 0.380 e. The lowest BCUT2D eigenvalue weighted by Crippen LogP contribution is -2.38. The van der Waals surface area contributed by atoms with E-state index in [1.807, 2.05) is 25.3 Å². The zero-order chi connectivity index (χ0) is 17.6. The van der Waals surface area contributed by atoms with Crippen molar-refractivity contribution < 1.29 is 4.74 Å². The predicted molar refractivity (Wildman–Crippen MR) is 91.9 cm³/mol. The molecule has 0 aliphatic carbocycles. The Morgan fingerprint density at radius 2 is 1.92 bits per heavy atom. The Morgan fingerprint density at radius 3 is 2.58 bits per heavy atom. The van der Waals surface area contributed by atoms with Crippen molar-refractivity contribution in [2.45, 2.75) is 26.8 Å². The summed E-state index contributed by atoms with van der Waals surface area (Å²) >= 11 is 0. The molecule has 1 aliphatic rings. The van der Waals surface area contributed by atoms with Crippen LogP contribution in [0.5, 0.6) is 0 Å². The molecule has 0 bridgehead atoms. The lowest BCUT2D eigenvalue weighted by Gasteiger charge is -2.29. The van der Waals surface area contributed by atoms with E-state index in [2.05, 4.69) is 10.1 Å². The molecule has 0 unspecified atom stereocenters. The summed E-state index contributed by atoms with van der Waals surface area (Å²) in [7, 11) is 3.09. The first-order valence-corrected chi connectivity index (χ1v) is 7.96. The molecule has 1 aliphatic heterocycles. The maximum absolute atomic E-state index is 12.7. The zero-order valence-corrected chi connectivity index (χ0v) is 14.6. The summed E-state index contributed by atoms with van der Waals surface area (Å²) in [5, 5.41) is 6.30. The lowest BCUT2D eigenvalue weighted by atomic mass is 10.2. The van der Waals surface area contributed by atoms with Gasteiger partial charge in [-0.15, -0.1) is 0 Å². The molecule has 24 heavy (non-hydrogen) atoms. The second kappa shape index (κ2) is 5.90. The highest BCUT2D eigenvalue weighted by atomic mass is 16.5. The van der Waals surface area contributed by atoms with Gasteiger partial charge in [-0.25, -0.2) is 9.80 Å². The number of anilines is 1. The number of imidazole rings is 1. The van der Waals surface area contributed by atoms with Crippen LogP contribution in [0.4, 0.5) is 5.95 Å². The summed E-state index contributed by atoms with van der Waals surface area (Å²) in [6.45, 7) is 7.46. The first-order chi connectivity index (χ1) is 11.4. The first kappa shape index (κ1) is 16.4. The van der Waals surface area contributed by atoms with Crippen LogP contribution in [0.25, 0.3) is 11.2 Å². The second-order valence-corrected chi connectivity index (χ2v) is 5.90. The van der Waals surface area contributed by atoms with Gasteiger partial charge in [0, 0.05) is 20.7 Å². The average molecular weight is 334 g/mol. The summed E-state index contributed by atoms with van der Waals surface area (Å²) in [6.07, 6.45) is 0. The Labute approximate surface area is 138 Å². The van der Waals surface area contributed by atoms with Crippen LogP contribution in [0, 0.1) is 0 Å². The van der Waals surface area contributed by atoms with E-state index in [1.54, 1.807) is 12.1 Å². The minimum absolute atomic E-state index is 0.112. The Morgan fingerprint density at radius 1 is 1.21 bits per heavy atom. The Bertz CT molecular complexity index is 935. The monoisotopic (exact) mass is 334 g/mol. The number of hydrazone groups is 1. The van der Waals surface area contributed by atoms with E-state index >= 15 is 0 Å². The Kier molecular flexibility index (Phi) is 4.04. The molecule has 0 saturated carbocycles. The van der Waals surface area contributed by atoms with Crippen LogP contribution in [0.2, 0.25) is 0 Å². The SMILES string of the molecule is CCOCCN1N=C(C)[C@@H](C)n2c1nc1c2c(=O)n(C)c(=O)n1C. The van der Waals surface area contributed by atoms with Crippen LogP contribution >= 0.6 is 0 Å². The molecule has 9 nitrogen and oxygen atoms in total. The molecule has 0 spiro atoms. The first-order valence-electron chi connectivity index (χ1n) is 7.96. The van der Waals surface area contributed by atoms with E-state index in [-0.39, 0.29) is 11.6 Å². The molecule has 3 heterocycles. The molecule has 0 fully saturated rings. The van der Waals surface area contributed by atoms with Gasteiger partial charge in [-0.3, -0.25) is 18.5 Å². The van der Waals surface area contributed by atoms with E-state index in [1.165, 1.54) is 11.6 Å². The molecule has 3 rings (SSSR count). The third-order valence-corrected chi connectivity index (χ3v) is 4.43. The molecule has 0 saturated heterocycles. The minimum Gasteiger partial charge on any atom is -0.380 e. The second-order valence-electron chi connectivity index (χ2n) is 5.90. The standard InChI is InChI=1S/C15H22N6O3/c1-6-24-8-7-20-14-16-12-11(21(14)10(3)9(2)17-20)13(22)19(5)15(23)18(12)4/h10H,6-8H2,1-5H3/t10-/m1/s1. The fraction of sp³-hybridized carbons (Fsp3) is 0.600. The third-order valence-electron chi connectivity index (χ3n) is 4.43. The van der Waals surface area contributed by atoms with E-state index in [4.69, 9.17) is 4.74 Å². The predicted octanol–water partition coefficient (Wildman–Crippen LogP) is 0.227. The number of nitrogens with zero attached hydrogens (tertiary/aromatic N) is 6. The fourth-order valence-electron chi connectivity index (χ4n) is 2.90. The smallest absolute Gasteiger partial charge is 0.332 e. The number of ether oxygens (including phenoxy) is 1. The van der Waals surface area contributed by atoms with Crippen molar-refractivity contribution in [2.75, 3.05) is 24.8 Å². The van der Waals surface area contributed by atoms with Gasteiger partial charge in [-0.05, 0) is 20.8 Å². The fourth-order valence-corrected chi connectivity index (χ4v) is 2.90. The Hall–Kier alpha value is -2.42. The zero-order valence-electron chi connectivity index (χ0n) is 14.6. The van der Waals surface area contributed by atoms with Crippen LogP contribution in [-0.2, 0) is 18.8 Å². The number of aromatic nitrogens is 4. The van der Waals surface area contributed by atoms with Gasteiger partial charge in [-0.2, -0.15) is 10.1 Å². The van der Waals surface area contributed by atoms with Crippen LogP contribution < -0.4 is 16.3 Å². The molecule has 0 radical (unpaired) electrons. The molecule has 9 heteroatoms. The number of rotatable bonds is 4. The van der Waals surface area contributed by atoms with Crippen molar-refractivity contribution in [3.8, 4) is 0 Å². The van der Waals surface area contributed by atoms with Gasteiger partial charge in [0.25, 0.3) is 5.56 Å². The minimum atomic E-state index is -0.394. The normalized spacial score (nSPS) is 17.3. The number of aryl methyl sites for hydroxylation is 1. The van der Waals surface area contributed by atoms with Crippen molar-refractivity contribution in [2.24, 2.45) is 19.2 Å². The van der Waals surface area contributed by atoms with Crippen molar-refractivity contribution in [3.05, 3.63) is 20.8 Å². The highest BCUT2D eigenvalue weighted by molar-refractivity contribution is 5.90. The molecule has 0 aromatic carbocycles.